The van der Waals surface area contributed by atoms with Gasteiger partial charge < -0.3 is 10.8 Å². The van der Waals surface area contributed by atoms with Gasteiger partial charge in [0, 0.05) is 18.8 Å². The molecule has 4 heteroatoms. The summed E-state index contributed by atoms with van der Waals surface area (Å²) in [5, 5.41) is 9.10. The molecule has 1 atom stereocenters. The van der Waals surface area contributed by atoms with Gasteiger partial charge >= 0.3 is 5.97 Å². The maximum absolute atomic E-state index is 11.1. The molecule has 1 saturated heterocycles. The van der Waals surface area contributed by atoms with E-state index in [1.807, 2.05) is 0 Å². The second-order valence-electron chi connectivity index (χ2n) is 7.46. The van der Waals surface area contributed by atoms with Crippen molar-refractivity contribution in [3.05, 3.63) is 29.3 Å². The number of benzene rings is 1. The largest absolute Gasteiger partial charge is 0.481 e. The summed E-state index contributed by atoms with van der Waals surface area (Å²) in [7, 11) is 0. The van der Waals surface area contributed by atoms with Crippen molar-refractivity contribution in [3.8, 4) is 0 Å². The molecule has 0 saturated carbocycles. The van der Waals surface area contributed by atoms with Gasteiger partial charge in [0.25, 0.3) is 0 Å². The minimum absolute atomic E-state index is 0.224. The van der Waals surface area contributed by atoms with Crippen LogP contribution in [0.2, 0.25) is 0 Å². The van der Waals surface area contributed by atoms with Gasteiger partial charge in [0.05, 0.1) is 5.92 Å². The van der Waals surface area contributed by atoms with Crippen molar-refractivity contribution in [2.24, 2.45) is 5.92 Å². The van der Waals surface area contributed by atoms with E-state index < -0.39 is 5.97 Å². The monoisotopic (exact) mass is 346 g/mol. The summed E-state index contributed by atoms with van der Waals surface area (Å²) in [6.07, 6.45) is 11.1. The highest BCUT2D eigenvalue weighted by Crippen LogP contribution is 2.23. The van der Waals surface area contributed by atoms with E-state index in [1.165, 1.54) is 50.5 Å². The van der Waals surface area contributed by atoms with E-state index in [2.05, 4.69) is 30.0 Å². The first-order valence-electron chi connectivity index (χ1n) is 9.92. The molecule has 1 aromatic carbocycles. The molecule has 0 amide bonds. The van der Waals surface area contributed by atoms with Crippen molar-refractivity contribution in [2.75, 3.05) is 18.8 Å². The Hall–Kier alpha value is -1.55. The zero-order valence-electron chi connectivity index (χ0n) is 15.7. The van der Waals surface area contributed by atoms with E-state index in [0.717, 1.165) is 37.2 Å². The highest BCUT2D eigenvalue weighted by atomic mass is 16.4. The zero-order chi connectivity index (χ0) is 18.1. The van der Waals surface area contributed by atoms with Crippen LogP contribution in [0.4, 0.5) is 5.69 Å². The van der Waals surface area contributed by atoms with Crippen molar-refractivity contribution < 1.29 is 9.90 Å². The lowest BCUT2D eigenvalue weighted by molar-refractivity contribution is -0.141. The number of nitrogens with two attached hydrogens (primary N) is 1. The Balaban J connectivity index is 1.72. The van der Waals surface area contributed by atoms with Gasteiger partial charge in [0.15, 0.2) is 0 Å². The average Bonchev–Trinajstić information content (AvgIpc) is 3.05. The number of rotatable bonds is 11. The molecule has 0 radical (unpaired) electrons. The molecule has 25 heavy (non-hydrogen) atoms. The number of aliphatic carboxylic acids is 1. The SMILES string of the molecule is CCCCCCCCCc1ccc(CN2CCC(C(=O)O)C2)c(N)c1. The van der Waals surface area contributed by atoms with Crippen molar-refractivity contribution in [1.82, 2.24) is 4.90 Å². The minimum atomic E-state index is -0.680. The zero-order valence-corrected chi connectivity index (χ0v) is 15.7. The summed E-state index contributed by atoms with van der Waals surface area (Å²) in [5.41, 5.74) is 9.52. The predicted octanol–water partition coefficient (Wildman–Crippen LogP) is 4.47. The fourth-order valence-electron chi connectivity index (χ4n) is 3.65. The average molecular weight is 347 g/mol. The van der Waals surface area contributed by atoms with Gasteiger partial charge in [-0.3, -0.25) is 9.69 Å². The van der Waals surface area contributed by atoms with Crippen LogP contribution in [0.1, 0.15) is 69.4 Å². The topological polar surface area (TPSA) is 66.6 Å². The van der Waals surface area contributed by atoms with Gasteiger partial charge in [0.1, 0.15) is 0 Å². The van der Waals surface area contributed by atoms with Crippen molar-refractivity contribution in [2.45, 2.75) is 71.3 Å². The molecule has 0 aromatic heterocycles. The second-order valence-corrected chi connectivity index (χ2v) is 7.46. The number of carboxylic acids is 1. The van der Waals surface area contributed by atoms with E-state index in [0.29, 0.717) is 6.54 Å². The van der Waals surface area contributed by atoms with Crippen molar-refractivity contribution in [1.29, 1.82) is 0 Å². The van der Waals surface area contributed by atoms with Crippen LogP contribution < -0.4 is 5.73 Å². The van der Waals surface area contributed by atoms with E-state index in [-0.39, 0.29) is 5.92 Å². The molecule has 1 aliphatic heterocycles. The van der Waals surface area contributed by atoms with Crippen LogP contribution in [0.15, 0.2) is 18.2 Å². The number of anilines is 1. The predicted molar refractivity (Wildman–Crippen MR) is 104 cm³/mol. The molecule has 1 unspecified atom stereocenters. The first-order valence-corrected chi connectivity index (χ1v) is 9.92. The van der Waals surface area contributed by atoms with Gasteiger partial charge in [-0.05, 0) is 43.0 Å². The van der Waals surface area contributed by atoms with E-state index in [1.54, 1.807) is 0 Å². The van der Waals surface area contributed by atoms with Gasteiger partial charge in [0.2, 0.25) is 0 Å². The van der Waals surface area contributed by atoms with E-state index in [9.17, 15) is 4.79 Å². The summed E-state index contributed by atoms with van der Waals surface area (Å²) in [6.45, 7) is 4.49. The Labute approximate surface area is 152 Å². The smallest absolute Gasteiger partial charge is 0.307 e. The molecule has 4 nitrogen and oxygen atoms in total. The molecule has 0 aliphatic carbocycles. The molecule has 1 fully saturated rings. The van der Waals surface area contributed by atoms with Crippen LogP contribution >= 0.6 is 0 Å². The lowest BCUT2D eigenvalue weighted by Gasteiger charge is -2.17. The molecule has 0 bridgehead atoms. The summed E-state index contributed by atoms with van der Waals surface area (Å²) < 4.78 is 0. The maximum atomic E-state index is 11.1. The third-order valence-electron chi connectivity index (χ3n) is 5.29. The molecule has 0 spiro atoms. The van der Waals surface area contributed by atoms with Crippen molar-refractivity contribution in [3.63, 3.8) is 0 Å². The standard InChI is InChI=1S/C21H34N2O2/c1-2-3-4-5-6-7-8-9-17-10-11-18(20(22)14-17)15-23-13-12-19(16-23)21(24)25/h10-11,14,19H,2-9,12-13,15-16,22H2,1H3,(H,24,25). The van der Waals surface area contributed by atoms with Gasteiger partial charge in [-0.1, -0.05) is 57.6 Å². The minimum Gasteiger partial charge on any atom is -0.481 e. The number of hydrogen-bond donors (Lipinski definition) is 2. The van der Waals surface area contributed by atoms with Crippen LogP contribution in [-0.2, 0) is 17.8 Å². The normalized spacial score (nSPS) is 17.9. The number of unbranched alkanes of at least 4 members (excludes halogenated alkanes) is 6. The molecule has 2 rings (SSSR count). The summed E-state index contributed by atoms with van der Waals surface area (Å²) in [5.74, 6) is -0.904. The highest BCUT2D eigenvalue weighted by Gasteiger charge is 2.27. The summed E-state index contributed by atoms with van der Waals surface area (Å²) in [4.78, 5) is 13.3. The lowest BCUT2D eigenvalue weighted by Crippen LogP contribution is -2.23. The third-order valence-corrected chi connectivity index (χ3v) is 5.29. The Morgan fingerprint density at radius 2 is 1.92 bits per heavy atom. The molecule has 140 valence electrons. The number of carbonyl (C=O) groups is 1. The summed E-state index contributed by atoms with van der Waals surface area (Å²) in [6, 6.07) is 6.42. The van der Waals surface area contributed by atoms with Crippen LogP contribution in [0, 0.1) is 5.92 Å². The van der Waals surface area contributed by atoms with Gasteiger partial charge in [-0.25, -0.2) is 0 Å². The van der Waals surface area contributed by atoms with Crippen LogP contribution in [0.3, 0.4) is 0 Å². The highest BCUT2D eigenvalue weighted by molar-refractivity contribution is 5.70. The van der Waals surface area contributed by atoms with E-state index in [4.69, 9.17) is 10.8 Å². The van der Waals surface area contributed by atoms with Crippen LogP contribution in [0.5, 0.6) is 0 Å². The number of nitrogens with zero attached hydrogens (tertiary/aromatic N) is 1. The first kappa shape index (κ1) is 19.8. The number of aryl methyl sites for hydroxylation is 1. The molecular formula is C21H34N2O2. The molecule has 1 aromatic rings. The Bertz CT molecular complexity index is 545. The van der Waals surface area contributed by atoms with Gasteiger partial charge in [-0.15, -0.1) is 0 Å². The van der Waals surface area contributed by atoms with Crippen LogP contribution in [-0.4, -0.2) is 29.1 Å². The fourth-order valence-corrected chi connectivity index (χ4v) is 3.65. The molecule has 1 heterocycles. The number of carboxylic acid groups (broad SMARTS) is 1. The van der Waals surface area contributed by atoms with Gasteiger partial charge in [-0.2, -0.15) is 0 Å². The molecule has 3 N–H and O–H groups in total. The number of likely N-dealkylation sites (tertiary alicyclic amines) is 1. The van der Waals surface area contributed by atoms with E-state index >= 15 is 0 Å². The quantitative estimate of drug-likeness (QED) is 0.458. The number of nitrogen functional groups attached to an aromatic ring is 1. The first-order chi connectivity index (χ1) is 12.1. The number of hydrogen-bond acceptors (Lipinski definition) is 3. The Morgan fingerprint density at radius 1 is 1.20 bits per heavy atom. The second kappa shape index (κ2) is 10.4. The lowest BCUT2D eigenvalue weighted by atomic mass is 10.0. The van der Waals surface area contributed by atoms with Crippen molar-refractivity contribution >= 4 is 11.7 Å². The van der Waals surface area contributed by atoms with Crippen LogP contribution in [0.25, 0.3) is 0 Å². The third kappa shape index (κ3) is 6.69. The fraction of sp³-hybridized carbons (Fsp3) is 0.667. The Kier molecular flexibility index (Phi) is 8.26. The Morgan fingerprint density at radius 3 is 2.56 bits per heavy atom. The molecule has 1 aliphatic rings. The maximum Gasteiger partial charge on any atom is 0.307 e. The molecular weight excluding hydrogens is 312 g/mol. The summed E-state index contributed by atoms with van der Waals surface area (Å²) >= 11 is 0.